The molecule has 0 radical (unpaired) electrons. The van der Waals surface area contributed by atoms with E-state index < -0.39 is 0 Å². The predicted octanol–water partition coefficient (Wildman–Crippen LogP) is 8.97. The van der Waals surface area contributed by atoms with Gasteiger partial charge in [-0.1, -0.05) is 75.6 Å². The Morgan fingerprint density at radius 1 is 1.11 bits per heavy atom. The van der Waals surface area contributed by atoms with Crippen LogP contribution in [-0.4, -0.2) is 17.9 Å². The molecule has 3 aliphatic carbocycles. The number of hydrogen-bond acceptors (Lipinski definition) is 3. The molecule has 0 spiro atoms. The monoisotopic (exact) mass is 511 g/mol. The fourth-order valence-electron chi connectivity index (χ4n) is 6.10. The first-order chi connectivity index (χ1) is 17.4. The number of allylic oxidation sites excluding steroid dienone is 6. The molecular weight excluding hydrogens is 462 g/mol. The zero-order valence-electron chi connectivity index (χ0n) is 23.3. The van der Waals surface area contributed by atoms with Crippen molar-refractivity contribution in [3.05, 3.63) is 72.1 Å². The van der Waals surface area contributed by atoms with E-state index in [-0.39, 0.29) is 5.41 Å². The summed E-state index contributed by atoms with van der Waals surface area (Å²) in [6, 6.07) is 5.85. The van der Waals surface area contributed by atoms with E-state index in [2.05, 4.69) is 60.2 Å². The minimum Gasteiger partial charge on any atom is -0.345 e. The Balaban J connectivity index is 0.000000295. The Morgan fingerprint density at radius 2 is 1.81 bits per heavy atom. The highest BCUT2D eigenvalue weighted by atomic mass is 35.5. The van der Waals surface area contributed by atoms with Crippen LogP contribution in [0, 0.1) is 30.1 Å². The zero-order valence-corrected chi connectivity index (χ0v) is 24.0. The van der Waals surface area contributed by atoms with E-state index in [0.717, 1.165) is 41.5 Å². The molecule has 3 aliphatic rings. The molecule has 1 heterocycles. The predicted molar refractivity (Wildman–Crippen MR) is 159 cm³/mol. The highest BCUT2D eigenvalue weighted by Crippen LogP contribution is 2.56. The van der Waals surface area contributed by atoms with E-state index in [9.17, 15) is 0 Å². The van der Waals surface area contributed by atoms with Crippen molar-refractivity contribution in [3.8, 4) is 0 Å². The maximum Gasteiger partial charge on any atom is 0.130 e. The third kappa shape index (κ3) is 8.63. The Labute approximate surface area is 226 Å². The minimum atomic E-state index is 0.281. The molecule has 0 aliphatic heterocycles. The summed E-state index contributed by atoms with van der Waals surface area (Å²) in [4.78, 5) is 4.24. The van der Waals surface area contributed by atoms with Crippen molar-refractivity contribution in [1.29, 1.82) is 0 Å². The van der Waals surface area contributed by atoms with Crippen LogP contribution >= 0.6 is 11.6 Å². The molecule has 0 amide bonds. The summed E-state index contributed by atoms with van der Waals surface area (Å²) < 4.78 is 0. The number of alkyl halides is 1. The summed E-state index contributed by atoms with van der Waals surface area (Å²) in [5.41, 5.74) is 11.1. The largest absolute Gasteiger partial charge is 0.345 e. The van der Waals surface area contributed by atoms with E-state index in [0.29, 0.717) is 0 Å². The second-order valence-corrected chi connectivity index (χ2v) is 10.8. The number of rotatable bonds is 8. The molecule has 1 aromatic rings. The van der Waals surface area contributed by atoms with Gasteiger partial charge in [0, 0.05) is 23.2 Å². The third-order valence-electron chi connectivity index (χ3n) is 8.15. The second kappa shape index (κ2) is 15.4. The van der Waals surface area contributed by atoms with Gasteiger partial charge in [-0.15, -0.1) is 11.6 Å². The summed E-state index contributed by atoms with van der Waals surface area (Å²) in [5, 5.41) is 3.04. The number of aromatic nitrogens is 1. The maximum atomic E-state index is 5.79. The number of nitrogens with one attached hydrogen (secondary N) is 1. The van der Waals surface area contributed by atoms with Crippen molar-refractivity contribution in [2.24, 2.45) is 28.9 Å². The highest BCUT2D eigenvalue weighted by Gasteiger charge is 2.48. The lowest BCUT2D eigenvalue weighted by Crippen LogP contribution is -2.26. The molecule has 3 atom stereocenters. The van der Waals surface area contributed by atoms with E-state index in [4.69, 9.17) is 5.73 Å². The summed E-state index contributed by atoms with van der Waals surface area (Å²) in [6.45, 7) is 15.5. The van der Waals surface area contributed by atoms with Crippen LogP contribution in [0.25, 0.3) is 0 Å². The quantitative estimate of drug-likeness (QED) is 0.208. The van der Waals surface area contributed by atoms with Gasteiger partial charge in [0.2, 0.25) is 0 Å². The topological polar surface area (TPSA) is 50.9 Å². The van der Waals surface area contributed by atoms with Crippen molar-refractivity contribution in [2.75, 3.05) is 18.2 Å². The SMILES string of the molecule is C=C(C)Nc1cccc(C)n1.C=C(CC1C(C)C1CCN)C1(C2=CCCC=C2)CCCCCC1.CCl. The standard InChI is InChI=1S/C22H35N.C9H12N2.CH3Cl/c1-17(16-21-18(2)20(21)12-15-23)22(13-8-3-4-9-14-22)19-10-6-5-7-11-19;1-7(2)10-9-6-4-5-8(3)11-9;1-2/h6,10-11,18,20-21H,1,3-5,7-9,12-16,23H2,2H3;4-6H,1H2,2-3H3,(H,10,11);1H3. The fraction of sp³-hybridized carbons (Fsp3) is 0.594. The van der Waals surface area contributed by atoms with Crippen molar-refractivity contribution in [1.82, 2.24) is 4.98 Å². The fourth-order valence-corrected chi connectivity index (χ4v) is 6.10. The molecule has 0 saturated heterocycles. The molecule has 2 saturated carbocycles. The number of anilines is 1. The molecule has 3 nitrogen and oxygen atoms in total. The number of nitrogens with zero attached hydrogens (tertiary/aromatic N) is 1. The molecule has 36 heavy (non-hydrogen) atoms. The Kier molecular flexibility index (Phi) is 13.0. The van der Waals surface area contributed by atoms with Gasteiger partial charge < -0.3 is 11.1 Å². The molecule has 0 aromatic carbocycles. The second-order valence-electron chi connectivity index (χ2n) is 10.8. The first-order valence-electron chi connectivity index (χ1n) is 13.9. The normalized spacial score (nSPS) is 24.1. The van der Waals surface area contributed by atoms with Crippen molar-refractivity contribution in [3.63, 3.8) is 0 Å². The van der Waals surface area contributed by atoms with Gasteiger partial charge in [-0.3, -0.25) is 0 Å². The molecule has 4 heteroatoms. The molecule has 0 bridgehead atoms. The van der Waals surface area contributed by atoms with Gasteiger partial charge in [0.1, 0.15) is 5.82 Å². The molecule has 200 valence electrons. The average Bonchev–Trinajstić information content (AvgIpc) is 3.56. The number of pyridine rings is 1. The lowest BCUT2D eigenvalue weighted by molar-refractivity contribution is 0.358. The van der Waals surface area contributed by atoms with Crippen molar-refractivity contribution < 1.29 is 0 Å². The number of hydrogen-bond donors (Lipinski definition) is 2. The van der Waals surface area contributed by atoms with Gasteiger partial charge in [0.25, 0.3) is 0 Å². The molecule has 2 fully saturated rings. The molecule has 1 aromatic heterocycles. The van der Waals surface area contributed by atoms with E-state index in [1.54, 1.807) is 5.57 Å². The van der Waals surface area contributed by atoms with Crippen LogP contribution in [0.1, 0.15) is 83.7 Å². The lowest BCUT2D eigenvalue weighted by Gasteiger charge is -2.38. The highest BCUT2D eigenvalue weighted by molar-refractivity contribution is 6.15. The molecule has 3 unspecified atom stereocenters. The average molecular weight is 512 g/mol. The van der Waals surface area contributed by atoms with Crippen LogP contribution in [0.15, 0.2) is 66.4 Å². The van der Waals surface area contributed by atoms with Crippen LogP contribution < -0.4 is 11.1 Å². The van der Waals surface area contributed by atoms with Crippen LogP contribution in [0.2, 0.25) is 0 Å². The maximum absolute atomic E-state index is 5.79. The first-order valence-corrected chi connectivity index (χ1v) is 14.6. The Morgan fingerprint density at radius 3 is 2.36 bits per heavy atom. The van der Waals surface area contributed by atoms with Gasteiger partial charge in [-0.2, -0.15) is 0 Å². The Hall–Kier alpha value is -1.84. The molecule has 3 N–H and O–H groups in total. The Bertz CT molecular complexity index is 892. The van der Waals surface area contributed by atoms with Crippen molar-refractivity contribution >= 4 is 17.4 Å². The minimum absolute atomic E-state index is 0.281. The number of nitrogens with two attached hydrogens (primary N) is 1. The number of halogens is 1. The number of aryl methyl sites for hydroxylation is 1. The van der Waals surface area contributed by atoms with E-state index in [1.165, 1.54) is 76.2 Å². The molecule has 4 rings (SSSR count). The van der Waals surface area contributed by atoms with Crippen LogP contribution in [-0.2, 0) is 0 Å². The molecular formula is C32H50ClN3. The summed E-state index contributed by atoms with van der Waals surface area (Å²) in [7, 11) is 0. The zero-order chi connectivity index (χ0) is 26.6. The van der Waals surface area contributed by atoms with Gasteiger partial charge in [-0.25, -0.2) is 4.98 Å². The van der Waals surface area contributed by atoms with Crippen LogP contribution in [0.3, 0.4) is 0 Å². The van der Waals surface area contributed by atoms with Gasteiger partial charge >= 0.3 is 0 Å². The van der Waals surface area contributed by atoms with E-state index in [1.807, 2.05) is 32.0 Å². The van der Waals surface area contributed by atoms with Gasteiger partial charge in [0.15, 0.2) is 0 Å². The van der Waals surface area contributed by atoms with Gasteiger partial charge in [0.05, 0.1) is 0 Å². The van der Waals surface area contributed by atoms with Crippen LogP contribution in [0.4, 0.5) is 5.82 Å². The smallest absolute Gasteiger partial charge is 0.130 e. The third-order valence-corrected chi connectivity index (χ3v) is 8.15. The van der Waals surface area contributed by atoms with Crippen LogP contribution in [0.5, 0.6) is 0 Å². The van der Waals surface area contributed by atoms with E-state index >= 15 is 0 Å². The summed E-state index contributed by atoms with van der Waals surface area (Å²) in [6.07, 6.45) is 21.9. The summed E-state index contributed by atoms with van der Waals surface area (Å²) in [5.74, 6) is 3.42. The van der Waals surface area contributed by atoms with Gasteiger partial charge in [-0.05, 0) is 94.4 Å². The van der Waals surface area contributed by atoms with Crippen molar-refractivity contribution in [2.45, 2.75) is 85.0 Å². The summed E-state index contributed by atoms with van der Waals surface area (Å²) >= 11 is 4.64. The first kappa shape index (κ1) is 30.4. The lowest BCUT2D eigenvalue weighted by atomic mass is 9.66.